The fraction of sp³-hybridized carbons (Fsp3) is 0.0526. The maximum absolute atomic E-state index is 14.4. The van der Waals surface area contributed by atoms with Crippen LogP contribution in [0.5, 0.6) is 0 Å². The zero-order chi connectivity index (χ0) is 19.1. The van der Waals surface area contributed by atoms with Crippen molar-refractivity contribution in [1.82, 2.24) is 15.0 Å². The fourth-order valence-corrected chi connectivity index (χ4v) is 3.35. The first kappa shape index (κ1) is 17.4. The van der Waals surface area contributed by atoms with Crippen LogP contribution >= 0.6 is 11.6 Å². The molecule has 4 rings (SSSR count). The molecule has 0 bridgehead atoms. The average molecular weight is 388 g/mol. The molecule has 0 aliphatic carbocycles. The predicted molar refractivity (Wildman–Crippen MR) is 97.0 cm³/mol. The van der Waals surface area contributed by atoms with Gasteiger partial charge in [0, 0.05) is 21.9 Å². The quantitative estimate of drug-likeness (QED) is 0.313. The van der Waals surface area contributed by atoms with Gasteiger partial charge in [-0.05, 0) is 24.3 Å². The molecule has 0 aliphatic heterocycles. The number of para-hydroxylation sites is 1. The molecule has 27 heavy (non-hydrogen) atoms. The molecule has 0 saturated carbocycles. The molecule has 0 atom stereocenters. The third kappa shape index (κ3) is 2.81. The summed E-state index contributed by atoms with van der Waals surface area (Å²) in [5.41, 5.74) is 2.70. The first-order valence-electron chi connectivity index (χ1n) is 7.95. The number of pyridine rings is 1. The van der Waals surface area contributed by atoms with E-state index in [0.717, 1.165) is 17.0 Å². The second-order valence-corrected chi connectivity index (χ2v) is 6.36. The van der Waals surface area contributed by atoms with E-state index in [1.54, 1.807) is 10.6 Å². The summed E-state index contributed by atoms with van der Waals surface area (Å²) in [5, 5.41) is 10.1. The summed E-state index contributed by atoms with van der Waals surface area (Å²) in [4.78, 5) is 15.7. The van der Waals surface area contributed by atoms with Crippen LogP contribution in [0.25, 0.3) is 21.8 Å². The zero-order valence-corrected chi connectivity index (χ0v) is 14.5. The molecule has 2 heterocycles. The third-order valence-electron chi connectivity index (χ3n) is 4.45. The van der Waals surface area contributed by atoms with E-state index in [2.05, 4.69) is 4.98 Å². The van der Waals surface area contributed by atoms with Crippen molar-refractivity contribution in [3.05, 3.63) is 76.6 Å². The summed E-state index contributed by atoms with van der Waals surface area (Å²) in [6, 6.07) is 11.1. The number of aromatic nitrogens is 2. The van der Waals surface area contributed by atoms with Crippen LogP contribution in [-0.2, 0) is 6.54 Å². The molecule has 0 radical (unpaired) electrons. The van der Waals surface area contributed by atoms with Crippen LogP contribution < -0.4 is 5.48 Å². The molecule has 1 amide bonds. The van der Waals surface area contributed by atoms with Crippen LogP contribution in [0.2, 0.25) is 5.02 Å². The number of hydrogen-bond acceptors (Lipinski definition) is 3. The molecule has 0 aliphatic rings. The number of benzene rings is 2. The number of halogens is 3. The van der Waals surface area contributed by atoms with Crippen molar-refractivity contribution in [2.24, 2.45) is 0 Å². The minimum Gasteiger partial charge on any atom is -0.334 e. The minimum atomic E-state index is -0.813. The number of carbonyl (C=O) groups excluding carboxylic acids is 1. The van der Waals surface area contributed by atoms with E-state index in [9.17, 15) is 13.6 Å². The van der Waals surface area contributed by atoms with Gasteiger partial charge in [-0.2, -0.15) is 0 Å². The molecule has 2 aromatic carbocycles. The van der Waals surface area contributed by atoms with E-state index in [1.807, 2.05) is 18.2 Å². The number of carbonyl (C=O) groups is 1. The van der Waals surface area contributed by atoms with Gasteiger partial charge in [-0.1, -0.05) is 29.8 Å². The molecule has 8 heteroatoms. The van der Waals surface area contributed by atoms with Crippen molar-refractivity contribution < 1.29 is 18.8 Å². The standard InChI is InChI=1S/C19H12ClF2N3O2/c20-13-5-6-14(21)12(18(13)22)9-25-16-4-2-1-3-10(16)11-7-15(19(26)24-27)23-8-17(11)25/h1-8,27H,9H2,(H,24,26). The van der Waals surface area contributed by atoms with Crippen molar-refractivity contribution in [2.45, 2.75) is 6.54 Å². The Morgan fingerprint density at radius 1 is 1.15 bits per heavy atom. The Morgan fingerprint density at radius 3 is 2.70 bits per heavy atom. The van der Waals surface area contributed by atoms with Crippen LogP contribution in [0, 0.1) is 11.6 Å². The highest BCUT2D eigenvalue weighted by Gasteiger charge is 2.18. The Kier molecular flexibility index (Phi) is 4.25. The van der Waals surface area contributed by atoms with Gasteiger partial charge in [-0.15, -0.1) is 0 Å². The van der Waals surface area contributed by atoms with Crippen molar-refractivity contribution in [1.29, 1.82) is 0 Å². The van der Waals surface area contributed by atoms with Gasteiger partial charge in [0.05, 0.1) is 23.3 Å². The summed E-state index contributed by atoms with van der Waals surface area (Å²) in [6.45, 7) is -0.102. The maximum Gasteiger partial charge on any atom is 0.293 e. The lowest BCUT2D eigenvalue weighted by atomic mass is 10.1. The molecule has 4 aromatic rings. The van der Waals surface area contributed by atoms with E-state index in [0.29, 0.717) is 10.9 Å². The lowest BCUT2D eigenvalue weighted by molar-refractivity contribution is 0.0701. The largest absolute Gasteiger partial charge is 0.334 e. The van der Waals surface area contributed by atoms with Crippen molar-refractivity contribution >= 4 is 39.3 Å². The van der Waals surface area contributed by atoms with Gasteiger partial charge in [0.25, 0.3) is 5.91 Å². The van der Waals surface area contributed by atoms with Crippen LogP contribution in [0.15, 0.2) is 48.7 Å². The monoisotopic (exact) mass is 387 g/mol. The predicted octanol–water partition coefficient (Wildman–Crippen LogP) is 4.29. The number of fused-ring (bicyclic) bond motifs is 3. The van der Waals surface area contributed by atoms with E-state index in [4.69, 9.17) is 16.8 Å². The van der Waals surface area contributed by atoms with E-state index >= 15 is 0 Å². The average Bonchev–Trinajstić information content (AvgIpc) is 3.00. The fourth-order valence-electron chi connectivity index (χ4n) is 3.17. The summed E-state index contributed by atoms with van der Waals surface area (Å²) in [5.74, 6) is -2.26. The van der Waals surface area contributed by atoms with Gasteiger partial charge in [0.1, 0.15) is 17.3 Å². The van der Waals surface area contributed by atoms with Gasteiger partial charge in [0.2, 0.25) is 0 Å². The van der Waals surface area contributed by atoms with Crippen LogP contribution in [0.4, 0.5) is 8.78 Å². The SMILES string of the molecule is O=C(NO)c1cc2c3ccccc3n(Cc3c(F)ccc(Cl)c3F)c2cn1. The Labute approximate surface area is 156 Å². The molecule has 5 nitrogen and oxygen atoms in total. The number of hydrogen-bond donors (Lipinski definition) is 2. The molecule has 0 fully saturated rings. The third-order valence-corrected chi connectivity index (χ3v) is 4.74. The molecule has 136 valence electrons. The topological polar surface area (TPSA) is 67.2 Å². The van der Waals surface area contributed by atoms with Crippen molar-refractivity contribution in [2.75, 3.05) is 0 Å². The molecule has 0 spiro atoms. The summed E-state index contributed by atoms with van der Waals surface area (Å²) in [7, 11) is 0. The molecule has 0 unspecified atom stereocenters. The highest BCUT2D eigenvalue weighted by Crippen LogP contribution is 2.31. The van der Waals surface area contributed by atoms with Gasteiger partial charge >= 0.3 is 0 Å². The summed E-state index contributed by atoms with van der Waals surface area (Å²) in [6.07, 6.45) is 1.43. The van der Waals surface area contributed by atoms with Crippen LogP contribution in [0.1, 0.15) is 16.1 Å². The van der Waals surface area contributed by atoms with Crippen LogP contribution in [-0.4, -0.2) is 20.7 Å². The number of nitrogens with zero attached hydrogens (tertiary/aromatic N) is 2. The summed E-state index contributed by atoms with van der Waals surface area (Å²) >= 11 is 5.80. The smallest absolute Gasteiger partial charge is 0.293 e. The maximum atomic E-state index is 14.4. The van der Waals surface area contributed by atoms with E-state index in [-0.39, 0.29) is 22.8 Å². The Hall–Kier alpha value is -3.03. The number of hydroxylamine groups is 1. The van der Waals surface area contributed by atoms with Gasteiger partial charge in [-0.25, -0.2) is 19.2 Å². The highest BCUT2D eigenvalue weighted by atomic mass is 35.5. The Balaban J connectivity index is 1.97. The first-order chi connectivity index (χ1) is 13.0. The van der Waals surface area contributed by atoms with Gasteiger partial charge < -0.3 is 4.57 Å². The number of nitrogens with one attached hydrogen (secondary N) is 1. The first-order valence-corrected chi connectivity index (χ1v) is 8.33. The van der Waals surface area contributed by atoms with Gasteiger partial charge in [0.15, 0.2) is 0 Å². The number of amides is 1. The molecular formula is C19H12ClF2N3O2. The van der Waals surface area contributed by atoms with E-state index in [1.165, 1.54) is 23.8 Å². The lowest BCUT2D eigenvalue weighted by Gasteiger charge is -2.10. The Morgan fingerprint density at radius 2 is 1.93 bits per heavy atom. The van der Waals surface area contributed by atoms with Crippen molar-refractivity contribution in [3.8, 4) is 0 Å². The number of rotatable bonds is 3. The Bertz CT molecular complexity index is 1210. The second-order valence-electron chi connectivity index (χ2n) is 5.95. The lowest BCUT2D eigenvalue weighted by Crippen LogP contribution is -2.19. The van der Waals surface area contributed by atoms with Crippen molar-refractivity contribution in [3.63, 3.8) is 0 Å². The normalized spacial score (nSPS) is 11.3. The minimum absolute atomic E-state index is 0.0213. The second kappa shape index (κ2) is 6.61. The highest BCUT2D eigenvalue weighted by molar-refractivity contribution is 6.30. The molecule has 0 saturated heterocycles. The molecule has 2 N–H and O–H groups in total. The van der Waals surface area contributed by atoms with Gasteiger partial charge in [-0.3, -0.25) is 10.0 Å². The molecule has 2 aromatic heterocycles. The van der Waals surface area contributed by atoms with Crippen LogP contribution in [0.3, 0.4) is 0 Å². The summed E-state index contributed by atoms with van der Waals surface area (Å²) < 4.78 is 30.3. The molecular weight excluding hydrogens is 376 g/mol. The van der Waals surface area contributed by atoms with E-state index < -0.39 is 17.5 Å². The zero-order valence-electron chi connectivity index (χ0n) is 13.7.